The normalized spacial score (nSPS) is 24.1. The van der Waals surface area contributed by atoms with Gasteiger partial charge in [0.25, 0.3) is 0 Å². The minimum Gasteiger partial charge on any atom is -0.497 e. The first-order valence-electron chi connectivity index (χ1n) is 9.25. The second-order valence-corrected chi connectivity index (χ2v) is 6.50. The van der Waals surface area contributed by atoms with Gasteiger partial charge in [-0.2, -0.15) is 0 Å². The number of halogens is 1. The van der Waals surface area contributed by atoms with Crippen LogP contribution in [0, 0.1) is 0 Å². The van der Waals surface area contributed by atoms with Gasteiger partial charge < -0.3 is 24.8 Å². The number of guanidine groups is 1. The number of ether oxygens (including phenoxy) is 3. The van der Waals surface area contributed by atoms with Crippen molar-refractivity contribution >= 4 is 29.9 Å². The Bertz CT molecular complexity index is 585. The van der Waals surface area contributed by atoms with Crippen LogP contribution in [-0.4, -0.2) is 51.0 Å². The summed E-state index contributed by atoms with van der Waals surface area (Å²) in [4.78, 5) is 4.66. The summed E-state index contributed by atoms with van der Waals surface area (Å²) in [6, 6.07) is 8.06. The lowest BCUT2D eigenvalue weighted by Gasteiger charge is -2.22. The van der Waals surface area contributed by atoms with Crippen LogP contribution in [0.2, 0.25) is 0 Å². The van der Waals surface area contributed by atoms with Crippen molar-refractivity contribution in [3.05, 3.63) is 24.3 Å². The molecule has 0 saturated carbocycles. The summed E-state index contributed by atoms with van der Waals surface area (Å²) < 4.78 is 16.8. The van der Waals surface area contributed by atoms with E-state index in [1.807, 2.05) is 24.3 Å². The highest BCUT2D eigenvalue weighted by Crippen LogP contribution is 2.34. The van der Waals surface area contributed by atoms with E-state index in [1.165, 1.54) is 6.42 Å². The summed E-state index contributed by atoms with van der Waals surface area (Å²) in [6.45, 7) is 4.29. The topological polar surface area (TPSA) is 64.1 Å². The summed E-state index contributed by atoms with van der Waals surface area (Å²) in [7, 11) is 1.66. The first-order valence-corrected chi connectivity index (χ1v) is 9.25. The third kappa shape index (κ3) is 5.90. The van der Waals surface area contributed by atoms with Crippen LogP contribution in [-0.2, 0) is 4.74 Å². The van der Waals surface area contributed by atoms with Crippen molar-refractivity contribution in [2.45, 2.75) is 50.9 Å². The molecule has 7 heteroatoms. The van der Waals surface area contributed by atoms with Crippen molar-refractivity contribution < 1.29 is 14.2 Å². The number of rotatable bonds is 8. The number of nitrogens with one attached hydrogen (secondary N) is 2. The fourth-order valence-corrected chi connectivity index (χ4v) is 3.42. The van der Waals surface area contributed by atoms with Crippen molar-refractivity contribution in [3.63, 3.8) is 0 Å². The van der Waals surface area contributed by atoms with Crippen LogP contribution < -0.4 is 20.1 Å². The highest BCUT2D eigenvalue weighted by molar-refractivity contribution is 14.0. The van der Waals surface area contributed by atoms with E-state index < -0.39 is 0 Å². The summed E-state index contributed by atoms with van der Waals surface area (Å²) in [5, 5.41) is 6.85. The van der Waals surface area contributed by atoms with Gasteiger partial charge in [-0.25, -0.2) is 0 Å². The van der Waals surface area contributed by atoms with E-state index in [2.05, 4.69) is 22.5 Å². The molecule has 3 rings (SSSR count). The molecule has 3 unspecified atom stereocenters. The van der Waals surface area contributed by atoms with Crippen molar-refractivity contribution in [2.24, 2.45) is 4.99 Å². The minimum absolute atomic E-state index is 0. The Morgan fingerprint density at radius 2 is 2.15 bits per heavy atom. The van der Waals surface area contributed by atoms with Crippen molar-refractivity contribution in [1.82, 2.24) is 10.6 Å². The summed E-state index contributed by atoms with van der Waals surface area (Å²) in [5.74, 6) is 2.51. The Kier molecular flexibility index (Phi) is 8.77. The molecule has 0 radical (unpaired) electrons. The fourth-order valence-electron chi connectivity index (χ4n) is 3.42. The molecule has 1 aromatic rings. The quantitative estimate of drug-likeness (QED) is 0.262. The molecule has 0 amide bonds. The van der Waals surface area contributed by atoms with Crippen LogP contribution >= 0.6 is 24.0 Å². The highest BCUT2D eigenvalue weighted by Gasteiger charge is 2.41. The molecule has 0 spiro atoms. The van der Waals surface area contributed by atoms with Gasteiger partial charge in [-0.15, -0.1) is 24.0 Å². The second kappa shape index (κ2) is 10.8. The predicted molar refractivity (Wildman–Crippen MR) is 114 cm³/mol. The molecule has 26 heavy (non-hydrogen) atoms. The van der Waals surface area contributed by atoms with Gasteiger partial charge in [-0.3, -0.25) is 4.99 Å². The van der Waals surface area contributed by atoms with E-state index in [-0.39, 0.29) is 24.0 Å². The van der Waals surface area contributed by atoms with Crippen LogP contribution in [0.15, 0.2) is 29.3 Å². The maximum Gasteiger partial charge on any atom is 0.191 e. The van der Waals surface area contributed by atoms with E-state index in [4.69, 9.17) is 14.2 Å². The molecule has 2 fully saturated rings. The van der Waals surface area contributed by atoms with Gasteiger partial charge in [-0.1, -0.05) is 6.07 Å². The number of aliphatic imine (C=N–C) groups is 1. The van der Waals surface area contributed by atoms with Crippen molar-refractivity contribution in [2.75, 3.05) is 26.8 Å². The maximum absolute atomic E-state index is 5.90. The molecule has 1 aromatic carbocycles. The number of hydrogen-bond donors (Lipinski definition) is 2. The van der Waals surface area contributed by atoms with Crippen LogP contribution in [0.1, 0.15) is 32.6 Å². The third-order valence-electron chi connectivity index (χ3n) is 4.65. The largest absolute Gasteiger partial charge is 0.497 e. The fraction of sp³-hybridized carbons (Fsp3) is 0.632. The standard InChI is InChI=1S/C19H29N3O3.HI/c1-3-20-19(22-17-13-16-8-9-18(17)25-16)21-10-5-11-24-15-7-4-6-14(12-15)23-2;/h4,6-7,12,16-18H,3,5,8-11,13H2,1-2H3,(H2,20,21,22);1H. The Balaban J connectivity index is 0.00000243. The van der Waals surface area contributed by atoms with Gasteiger partial charge in [-0.05, 0) is 38.3 Å². The monoisotopic (exact) mass is 475 g/mol. The molecule has 0 aliphatic carbocycles. The molecular formula is C19H30IN3O3. The van der Waals surface area contributed by atoms with Gasteiger partial charge in [0.1, 0.15) is 11.5 Å². The molecule has 3 atom stereocenters. The molecule has 2 heterocycles. The second-order valence-electron chi connectivity index (χ2n) is 6.50. The number of hydrogen-bond acceptors (Lipinski definition) is 4. The van der Waals surface area contributed by atoms with Crippen LogP contribution in [0.25, 0.3) is 0 Å². The summed E-state index contributed by atoms with van der Waals surface area (Å²) in [6.07, 6.45) is 5.12. The molecular weight excluding hydrogens is 445 g/mol. The van der Waals surface area contributed by atoms with Crippen LogP contribution in [0.3, 0.4) is 0 Å². The van der Waals surface area contributed by atoms with Gasteiger partial charge in [0.15, 0.2) is 5.96 Å². The lowest BCUT2D eigenvalue weighted by Crippen LogP contribution is -2.47. The summed E-state index contributed by atoms with van der Waals surface area (Å²) in [5.41, 5.74) is 0. The third-order valence-corrected chi connectivity index (χ3v) is 4.65. The Morgan fingerprint density at radius 3 is 2.85 bits per heavy atom. The number of methoxy groups -OCH3 is 1. The van der Waals surface area contributed by atoms with Gasteiger partial charge in [0.05, 0.1) is 32.0 Å². The molecule has 2 N–H and O–H groups in total. The van der Waals surface area contributed by atoms with Crippen LogP contribution in [0.5, 0.6) is 11.5 Å². The Morgan fingerprint density at radius 1 is 1.31 bits per heavy atom. The first-order chi connectivity index (χ1) is 12.3. The lowest BCUT2D eigenvalue weighted by atomic mass is 9.96. The smallest absolute Gasteiger partial charge is 0.191 e. The van der Waals surface area contributed by atoms with E-state index in [9.17, 15) is 0 Å². The number of fused-ring (bicyclic) bond motifs is 2. The first kappa shape index (κ1) is 21.1. The zero-order valence-corrected chi connectivity index (χ0v) is 17.9. The van der Waals surface area contributed by atoms with Gasteiger partial charge in [0, 0.05) is 25.6 Å². The average molecular weight is 475 g/mol. The number of nitrogens with zero attached hydrogens (tertiary/aromatic N) is 1. The van der Waals surface area contributed by atoms with Crippen LogP contribution in [0.4, 0.5) is 0 Å². The number of benzene rings is 1. The Hall–Kier alpha value is -1.22. The summed E-state index contributed by atoms with van der Waals surface area (Å²) >= 11 is 0. The highest BCUT2D eigenvalue weighted by atomic mass is 127. The lowest BCUT2D eigenvalue weighted by molar-refractivity contribution is 0.0992. The molecule has 2 aliphatic rings. The zero-order valence-electron chi connectivity index (χ0n) is 15.6. The maximum atomic E-state index is 5.90. The SMILES string of the molecule is CCNC(=NCCCOc1cccc(OC)c1)NC1CC2CCC1O2.I. The van der Waals surface area contributed by atoms with Crippen molar-refractivity contribution in [3.8, 4) is 11.5 Å². The minimum atomic E-state index is 0. The van der Waals surface area contributed by atoms with Gasteiger partial charge >= 0.3 is 0 Å². The van der Waals surface area contributed by atoms with E-state index in [0.717, 1.165) is 49.8 Å². The van der Waals surface area contributed by atoms with E-state index in [0.29, 0.717) is 24.9 Å². The van der Waals surface area contributed by atoms with E-state index in [1.54, 1.807) is 7.11 Å². The average Bonchev–Trinajstić information content (AvgIpc) is 3.25. The van der Waals surface area contributed by atoms with E-state index >= 15 is 0 Å². The molecule has 0 aromatic heterocycles. The molecule has 6 nitrogen and oxygen atoms in total. The molecule has 146 valence electrons. The molecule has 2 bridgehead atoms. The van der Waals surface area contributed by atoms with Crippen molar-refractivity contribution in [1.29, 1.82) is 0 Å². The molecule has 2 saturated heterocycles. The molecule has 2 aliphatic heterocycles. The van der Waals surface area contributed by atoms with Gasteiger partial charge in [0.2, 0.25) is 0 Å². The predicted octanol–water partition coefficient (Wildman–Crippen LogP) is 2.96. The Labute approximate surface area is 173 Å². The zero-order chi connectivity index (χ0) is 17.5.